The first-order valence-corrected chi connectivity index (χ1v) is 4.97. The molecular weight excluding hydrogens is 202 g/mol. The molecule has 0 aliphatic carbocycles. The van der Waals surface area contributed by atoms with E-state index in [0.717, 1.165) is 0 Å². The van der Waals surface area contributed by atoms with Crippen LogP contribution >= 0.6 is 11.3 Å². The number of thiophene rings is 1. The Kier molecular flexibility index (Phi) is 2.90. The molecule has 1 aromatic heterocycles. The van der Waals surface area contributed by atoms with Gasteiger partial charge in [0.05, 0.1) is 11.1 Å². The van der Waals surface area contributed by atoms with Gasteiger partial charge >= 0.3 is 5.97 Å². The number of hydrogen-bond donors (Lipinski definition) is 2. The molecule has 1 heterocycles. The molecule has 1 rings (SSSR count). The Morgan fingerprint density at radius 1 is 1.50 bits per heavy atom. The normalized spacial score (nSPS) is 10.5. The molecule has 0 aliphatic rings. The fourth-order valence-corrected chi connectivity index (χ4v) is 2.27. The second-order valence-corrected chi connectivity index (χ2v) is 4.12. The smallest absolute Gasteiger partial charge is 0.337 e. The van der Waals surface area contributed by atoms with Gasteiger partial charge < -0.3 is 10.8 Å². The highest BCUT2D eigenvalue weighted by atomic mass is 32.1. The van der Waals surface area contributed by atoms with E-state index in [1.54, 1.807) is 0 Å². The molecular formula is C9H11NO3S. The summed E-state index contributed by atoms with van der Waals surface area (Å²) < 4.78 is 0. The van der Waals surface area contributed by atoms with Crippen LogP contribution in [0.4, 0.5) is 0 Å². The van der Waals surface area contributed by atoms with Crippen molar-refractivity contribution < 1.29 is 14.7 Å². The van der Waals surface area contributed by atoms with Gasteiger partial charge in [-0.3, -0.25) is 4.79 Å². The highest BCUT2D eigenvalue weighted by Crippen LogP contribution is 2.29. The molecule has 3 N–H and O–H groups in total. The lowest BCUT2D eigenvalue weighted by Crippen LogP contribution is -2.15. The molecule has 4 nitrogen and oxygen atoms in total. The third-order valence-corrected chi connectivity index (χ3v) is 3.11. The molecule has 76 valence electrons. The number of nitrogens with two attached hydrogens (primary N) is 1. The van der Waals surface area contributed by atoms with E-state index in [1.807, 2.05) is 13.8 Å². The standard InChI is InChI=1S/C9H11NO3S/c1-4(2)7-6(9(12)13)5(3-14-7)8(10)11/h3-4H,1-2H3,(H2,10,11)(H,12,13). The lowest BCUT2D eigenvalue weighted by Gasteiger charge is -2.03. The number of carboxylic acids is 1. The van der Waals surface area contributed by atoms with Crippen LogP contribution in [0.1, 0.15) is 45.4 Å². The quantitative estimate of drug-likeness (QED) is 0.801. The maximum absolute atomic E-state index is 10.9. The topological polar surface area (TPSA) is 80.4 Å². The average Bonchev–Trinajstić information content (AvgIpc) is 2.46. The molecule has 0 saturated carbocycles. The van der Waals surface area contributed by atoms with E-state index in [-0.39, 0.29) is 17.0 Å². The maximum Gasteiger partial charge on any atom is 0.337 e. The van der Waals surface area contributed by atoms with Crippen LogP contribution in [0.25, 0.3) is 0 Å². The maximum atomic E-state index is 10.9. The Balaban J connectivity index is 3.35. The number of aromatic carboxylic acids is 1. The molecule has 0 saturated heterocycles. The first kappa shape index (κ1) is 10.7. The molecule has 1 amide bonds. The Labute approximate surface area is 85.4 Å². The summed E-state index contributed by atoms with van der Waals surface area (Å²) in [5.41, 5.74) is 5.23. The van der Waals surface area contributed by atoms with Crippen molar-refractivity contribution in [1.82, 2.24) is 0 Å². The minimum Gasteiger partial charge on any atom is -0.478 e. The highest BCUT2D eigenvalue weighted by molar-refractivity contribution is 7.10. The summed E-state index contributed by atoms with van der Waals surface area (Å²) in [4.78, 5) is 22.5. The molecule has 0 fully saturated rings. The Bertz CT molecular complexity index is 381. The van der Waals surface area contributed by atoms with E-state index in [4.69, 9.17) is 10.8 Å². The van der Waals surface area contributed by atoms with Crippen molar-refractivity contribution in [3.8, 4) is 0 Å². The monoisotopic (exact) mass is 213 g/mol. The predicted molar refractivity (Wildman–Crippen MR) is 53.9 cm³/mol. The molecule has 14 heavy (non-hydrogen) atoms. The van der Waals surface area contributed by atoms with Crippen molar-refractivity contribution in [2.24, 2.45) is 5.73 Å². The van der Waals surface area contributed by atoms with Crippen LogP contribution in [0, 0.1) is 0 Å². The largest absolute Gasteiger partial charge is 0.478 e. The number of carbonyl (C=O) groups excluding carboxylic acids is 1. The van der Waals surface area contributed by atoms with E-state index in [0.29, 0.717) is 4.88 Å². The van der Waals surface area contributed by atoms with E-state index < -0.39 is 11.9 Å². The second-order valence-electron chi connectivity index (χ2n) is 3.21. The number of carbonyl (C=O) groups is 2. The Hall–Kier alpha value is -1.36. The summed E-state index contributed by atoms with van der Waals surface area (Å²) in [5, 5.41) is 10.4. The van der Waals surface area contributed by atoms with Crippen LogP contribution in [0.5, 0.6) is 0 Å². The van der Waals surface area contributed by atoms with Crippen LogP contribution < -0.4 is 5.73 Å². The predicted octanol–water partition coefficient (Wildman–Crippen LogP) is 1.67. The highest BCUT2D eigenvalue weighted by Gasteiger charge is 2.22. The molecule has 0 aliphatic heterocycles. The van der Waals surface area contributed by atoms with E-state index in [9.17, 15) is 9.59 Å². The van der Waals surface area contributed by atoms with E-state index in [1.165, 1.54) is 16.7 Å². The van der Waals surface area contributed by atoms with Crippen LogP contribution in [0.15, 0.2) is 5.38 Å². The summed E-state index contributed by atoms with van der Waals surface area (Å²) >= 11 is 1.26. The van der Waals surface area contributed by atoms with Gasteiger partial charge in [0.25, 0.3) is 0 Å². The van der Waals surface area contributed by atoms with Gasteiger partial charge in [-0.2, -0.15) is 0 Å². The van der Waals surface area contributed by atoms with Gasteiger partial charge in [0.1, 0.15) is 0 Å². The summed E-state index contributed by atoms with van der Waals surface area (Å²) in [6.45, 7) is 3.76. The lowest BCUT2D eigenvalue weighted by molar-refractivity contribution is 0.0691. The Morgan fingerprint density at radius 3 is 2.43 bits per heavy atom. The first-order valence-electron chi connectivity index (χ1n) is 4.09. The third kappa shape index (κ3) is 1.77. The van der Waals surface area contributed by atoms with Gasteiger partial charge in [-0.15, -0.1) is 11.3 Å². The molecule has 0 bridgehead atoms. The van der Waals surface area contributed by atoms with Gasteiger partial charge in [-0.25, -0.2) is 4.79 Å². The van der Waals surface area contributed by atoms with Gasteiger partial charge in [-0.05, 0) is 5.92 Å². The van der Waals surface area contributed by atoms with Crippen LogP contribution in [0.2, 0.25) is 0 Å². The first-order chi connectivity index (χ1) is 6.45. The van der Waals surface area contributed by atoms with Gasteiger partial charge in [-0.1, -0.05) is 13.8 Å². The minimum absolute atomic E-state index is 0.0532. The van der Waals surface area contributed by atoms with Gasteiger partial charge in [0.2, 0.25) is 5.91 Å². The number of rotatable bonds is 3. The van der Waals surface area contributed by atoms with Gasteiger partial charge in [0, 0.05) is 10.3 Å². The van der Waals surface area contributed by atoms with Gasteiger partial charge in [0.15, 0.2) is 0 Å². The summed E-state index contributed by atoms with van der Waals surface area (Å²) in [6.07, 6.45) is 0. The number of primary amides is 1. The molecule has 0 aromatic carbocycles. The average molecular weight is 213 g/mol. The molecule has 1 aromatic rings. The number of amides is 1. The van der Waals surface area contributed by atoms with Crippen molar-refractivity contribution in [3.63, 3.8) is 0 Å². The third-order valence-electron chi connectivity index (χ3n) is 1.82. The molecule has 0 radical (unpaired) electrons. The van der Waals surface area contributed by atoms with Crippen molar-refractivity contribution in [1.29, 1.82) is 0 Å². The van der Waals surface area contributed by atoms with Crippen molar-refractivity contribution >= 4 is 23.2 Å². The minimum atomic E-state index is -1.09. The number of hydrogen-bond acceptors (Lipinski definition) is 3. The zero-order valence-corrected chi connectivity index (χ0v) is 8.72. The van der Waals surface area contributed by atoms with E-state index in [2.05, 4.69) is 0 Å². The van der Waals surface area contributed by atoms with Crippen molar-refractivity contribution in [3.05, 3.63) is 21.4 Å². The number of carboxylic acid groups (broad SMARTS) is 1. The fraction of sp³-hybridized carbons (Fsp3) is 0.333. The second kappa shape index (κ2) is 3.79. The molecule has 0 atom stereocenters. The zero-order valence-electron chi connectivity index (χ0n) is 7.90. The van der Waals surface area contributed by atoms with Crippen LogP contribution in [0.3, 0.4) is 0 Å². The summed E-state index contributed by atoms with van der Waals surface area (Å²) in [5.74, 6) is -1.70. The van der Waals surface area contributed by atoms with E-state index >= 15 is 0 Å². The Morgan fingerprint density at radius 2 is 2.07 bits per heavy atom. The van der Waals surface area contributed by atoms with Crippen LogP contribution in [-0.4, -0.2) is 17.0 Å². The lowest BCUT2D eigenvalue weighted by atomic mass is 10.0. The molecule has 0 unspecified atom stereocenters. The van der Waals surface area contributed by atoms with Crippen LogP contribution in [-0.2, 0) is 0 Å². The summed E-state index contributed by atoms with van der Waals surface area (Å²) in [7, 11) is 0. The zero-order chi connectivity index (χ0) is 10.9. The van der Waals surface area contributed by atoms with Crippen molar-refractivity contribution in [2.75, 3.05) is 0 Å². The fourth-order valence-electron chi connectivity index (χ4n) is 1.20. The van der Waals surface area contributed by atoms with Crippen molar-refractivity contribution in [2.45, 2.75) is 19.8 Å². The summed E-state index contributed by atoms with van der Waals surface area (Å²) in [6, 6.07) is 0. The molecule has 5 heteroatoms. The molecule has 0 spiro atoms. The SMILES string of the molecule is CC(C)c1scc(C(N)=O)c1C(=O)O.